The molecule has 0 saturated heterocycles. The average Bonchev–Trinajstić information content (AvgIpc) is 2.26. The van der Waals surface area contributed by atoms with Crippen molar-refractivity contribution in [3.8, 4) is 0 Å². The van der Waals surface area contributed by atoms with E-state index in [9.17, 15) is 19.1 Å². The third-order valence-corrected chi connectivity index (χ3v) is 3.29. The Balaban J connectivity index is 2.84. The third kappa shape index (κ3) is 1.56. The molecule has 18 heavy (non-hydrogen) atoms. The Morgan fingerprint density at radius 1 is 1.33 bits per heavy atom. The maximum absolute atomic E-state index is 13.3. The van der Waals surface area contributed by atoms with Gasteiger partial charge in [0.25, 0.3) is 0 Å². The topological polar surface area (TPSA) is 54.4 Å². The summed E-state index contributed by atoms with van der Waals surface area (Å²) in [6, 6.07) is 3.80. The van der Waals surface area contributed by atoms with E-state index in [1.165, 1.54) is 25.1 Å². The molecule has 0 saturated carbocycles. The molecule has 4 heteroatoms. The summed E-state index contributed by atoms with van der Waals surface area (Å²) in [5.74, 6) is -1.80. The smallest absolute Gasteiger partial charge is 0.180 e. The summed E-state index contributed by atoms with van der Waals surface area (Å²) in [5.41, 5.74) is -0.495. The number of benzene rings is 1. The van der Waals surface area contributed by atoms with Gasteiger partial charge in [-0.25, -0.2) is 4.39 Å². The van der Waals surface area contributed by atoms with Gasteiger partial charge in [0, 0.05) is 5.56 Å². The molecule has 0 amide bonds. The summed E-state index contributed by atoms with van der Waals surface area (Å²) in [7, 11) is 0. The van der Waals surface area contributed by atoms with Crippen molar-refractivity contribution in [3.05, 3.63) is 40.7 Å². The van der Waals surface area contributed by atoms with Gasteiger partial charge in [-0.2, -0.15) is 0 Å². The number of ketones is 2. The van der Waals surface area contributed by atoms with Crippen LogP contribution in [-0.2, 0) is 15.0 Å². The second kappa shape index (κ2) is 3.77. The van der Waals surface area contributed by atoms with Gasteiger partial charge in [0.15, 0.2) is 11.6 Å². The fourth-order valence-electron chi connectivity index (χ4n) is 2.24. The predicted molar refractivity (Wildman–Crippen MR) is 64.7 cm³/mol. The normalized spacial score (nSPS) is 17.7. The molecule has 0 spiro atoms. The quantitative estimate of drug-likeness (QED) is 0.777. The molecule has 94 valence electrons. The molecule has 0 unspecified atom stereocenters. The number of carbonyl (C=O) groups excluding carboxylic acids is 2. The summed E-state index contributed by atoms with van der Waals surface area (Å²) in [5, 5.41) is 10.0. The molecule has 1 aromatic rings. The van der Waals surface area contributed by atoms with Crippen molar-refractivity contribution in [2.24, 2.45) is 0 Å². The maximum atomic E-state index is 13.3. The fourth-order valence-corrected chi connectivity index (χ4v) is 2.24. The van der Waals surface area contributed by atoms with Gasteiger partial charge >= 0.3 is 0 Å². The van der Waals surface area contributed by atoms with E-state index in [1.807, 2.05) is 0 Å². The van der Waals surface area contributed by atoms with E-state index in [1.54, 1.807) is 13.8 Å². The largest absolute Gasteiger partial charge is 0.506 e. The third-order valence-electron chi connectivity index (χ3n) is 3.29. The van der Waals surface area contributed by atoms with E-state index in [4.69, 9.17) is 0 Å². The van der Waals surface area contributed by atoms with Crippen LogP contribution in [0, 0.1) is 5.82 Å². The summed E-state index contributed by atoms with van der Waals surface area (Å²) < 4.78 is 13.3. The fraction of sp³-hybridized carbons (Fsp3) is 0.286. The molecule has 1 aliphatic carbocycles. The average molecular weight is 248 g/mol. The number of hydrogen-bond acceptors (Lipinski definition) is 3. The number of halogens is 1. The van der Waals surface area contributed by atoms with E-state index in [0.717, 1.165) is 0 Å². The predicted octanol–water partition coefficient (Wildman–Crippen LogP) is 2.54. The van der Waals surface area contributed by atoms with E-state index in [-0.39, 0.29) is 11.3 Å². The first-order valence-electron chi connectivity index (χ1n) is 5.56. The van der Waals surface area contributed by atoms with Gasteiger partial charge in [0.2, 0.25) is 0 Å². The highest BCUT2D eigenvalue weighted by Crippen LogP contribution is 2.39. The Hall–Kier alpha value is -1.97. The summed E-state index contributed by atoms with van der Waals surface area (Å²) >= 11 is 0. The van der Waals surface area contributed by atoms with E-state index >= 15 is 0 Å². The van der Waals surface area contributed by atoms with Gasteiger partial charge in [-0.15, -0.1) is 0 Å². The van der Waals surface area contributed by atoms with Crippen molar-refractivity contribution in [2.45, 2.75) is 26.2 Å². The molecule has 0 bridgehead atoms. The minimum Gasteiger partial charge on any atom is -0.506 e. The van der Waals surface area contributed by atoms with Crippen molar-refractivity contribution in [3.63, 3.8) is 0 Å². The van der Waals surface area contributed by atoms with Crippen molar-refractivity contribution < 1.29 is 19.1 Å². The highest BCUT2D eigenvalue weighted by Gasteiger charge is 2.42. The highest BCUT2D eigenvalue weighted by atomic mass is 19.1. The minimum atomic E-state index is -1.02. The Morgan fingerprint density at radius 3 is 2.50 bits per heavy atom. The Bertz CT molecular complexity index is 597. The monoisotopic (exact) mass is 248 g/mol. The van der Waals surface area contributed by atoms with Crippen LogP contribution < -0.4 is 0 Å². The lowest BCUT2D eigenvalue weighted by atomic mass is 9.70. The molecule has 0 aromatic heterocycles. The van der Waals surface area contributed by atoms with Crippen LogP contribution in [-0.4, -0.2) is 16.7 Å². The van der Waals surface area contributed by atoms with Crippen LogP contribution in [0.2, 0.25) is 0 Å². The molecule has 1 aromatic carbocycles. The van der Waals surface area contributed by atoms with Gasteiger partial charge in [-0.1, -0.05) is 0 Å². The molecule has 1 N–H and O–H groups in total. The zero-order valence-electron chi connectivity index (χ0n) is 10.4. The second-order valence-corrected chi connectivity index (χ2v) is 4.92. The van der Waals surface area contributed by atoms with Crippen LogP contribution in [0.1, 0.15) is 31.9 Å². The molecular weight excluding hydrogens is 235 g/mol. The number of hydrogen-bond donors (Lipinski definition) is 1. The van der Waals surface area contributed by atoms with E-state index in [0.29, 0.717) is 11.1 Å². The number of allylic oxidation sites excluding steroid dienone is 1. The lowest BCUT2D eigenvalue weighted by Gasteiger charge is -2.31. The molecule has 0 heterocycles. The van der Waals surface area contributed by atoms with Crippen LogP contribution in [0.4, 0.5) is 4.39 Å². The first-order valence-corrected chi connectivity index (χ1v) is 5.56. The minimum absolute atomic E-state index is 0.209. The Morgan fingerprint density at radius 2 is 1.94 bits per heavy atom. The molecular formula is C14H13FO3. The van der Waals surface area contributed by atoms with Gasteiger partial charge in [0.1, 0.15) is 17.1 Å². The number of aliphatic hydroxyl groups excluding tert-OH is 1. The van der Waals surface area contributed by atoms with E-state index in [2.05, 4.69) is 0 Å². The van der Waals surface area contributed by atoms with Crippen molar-refractivity contribution in [1.82, 2.24) is 0 Å². The zero-order chi connectivity index (χ0) is 13.7. The SMILES string of the molecule is CC(=O)C1=C(O)c2ccc(F)cc2C(C)(C)C1=O. The van der Waals surface area contributed by atoms with Crippen LogP contribution >= 0.6 is 0 Å². The van der Waals surface area contributed by atoms with Gasteiger partial charge < -0.3 is 5.11 Å². The lowest BCUT2D eigenvalue weighted by Crippen LogP contribution is -2.37. The standard InChI is InChI=1S/C14H13FO3/c1-7(16)11-12(17)9-5-4-8(15)6-10(9)14(2,3)13(11)18/h4-6,17H,1-3H3. The lowest BCUT2D eigenvalue weighted by molar-refractivity contribution is -0.123. The highest BCUT2D eigenvalue weighted by molar-refractivity contribution is 6.28. The molecule has 3 nitrogen and oxygen atoms in total. The second-order valence-electron chi connectivity index (χ2n) is 4.92. The van der Waals surface area contributed by atoms with Crippen molar-refractivity contribution in [2.75, 3.05) is 0 Å². The Kier molecular flexibility index (Phi) is 2.61. The molecule has 1 aliphatic rings. The number of rotatable bonds is 1. The van der Waals surface area contributed by atoms with E-state index < -0.39 is 22.8 Å². The van der Waals surface area contributed by atoms with Gasteiger partial charge in [0.05, 0.1) is 5.41 Å². The first-order chi connectivity index (χ1) is 8.26. The summed E-state index contributed by atoms with van der Waals surface area (Å²) in [4.78, 5) is 23.7. The van der Waals surface area contributed by atoms with Crippen LogP contribution in [0.15, 0.2) is 23.8 Å². The summed E-state index contributed by atoms with van der Waals surface area (Å²) in [6.07, 6.45) is 0. The number of carbonyl (C=O) groups is 2. The zero-order valence-corrected chi connectivity index (χ0v) is 10.4. The molecule has 0 fully saturated rings. The van der Waals surface area contributed by atoms with Gasteiger partial charge in [-0.05, 0) is 44.5 Å². The number of fused-ring (bicyclic) bond motifs is 1. The Labute approximate surface area is 104 Å². The van der Waals surface area contributed by atoms with Crippen molar-refractivity contribution >= 4 is 17.3 Å². The van der Waals surface area contributed by atoms with Crippen LogP contribution in [0.3, 0.4) is 0 Å². The molecule has 0 atom stereocenters. The van der Waals surface area contributed by atoms with Crippen LogP contribution in [0.5, 0.6) is 0 Å². The maximum Gasteiger partial charge on any atom is 0.180 e. The van der Waals surface area contributed by atoms with Gasteiger partial charge in [-0.3, -0.25) is 9.59 Å². The molecule has 2 rings (SSSR count). The van der Waals surface area contributed by atoms with Crippen molar-refractivity contribution in [1.29, 1.82) is 0 Å². The summed E-state index contributed by atoms with van der Waals surface area (Å²) in [6.45, 7) is 4.46. The van der Waals surface area contributed by atoms with Crippen LogP contribution in [0.25, 0.3) is 5.76 Å². The number of Topliss-reactive ketones (excluding diaryl/α,β-unsaturated/α-hetero) is 2. The first kappa shape index (κ1) is 12.5. The molecule has 0 aliphatic heterocycles. The molecule has 0 radical (unpaired) electrons. The number of aliphatic hydroxyl groups is 1.